The first-order valence-electron chi connectivity index (χ1n) is 6.33. The number of halogens is 3. The quantitative estimate of drug-likeness (QED) is 0.784. The van der Waals surface area contributed by atoms with Crippen LogP contribution in [0.1, 0.15) is 46.0 Å². The molecule has 0 saturated carbocycles. The molecule has 0 aliphatic carbocycles. The lowest BCUT2D eigenvalue weighted by atomic mass is 10.1. The first-order valence-corrected chi connectivity index (χ1v) is 6.33. The zero-order chi connectivity index (χ0) is 12.9. The van der Waals surface area contributed by atoms with E-state index in [1.165, 1.54) is 0 Å². The highest BCUT2D eigenvalue weighted by molar-refractivity contribution is 4.79. The predicted molar refractivity (Wildman–Crippen MR) is 60.9 cm³/mol. The van der Waals surface area contributed by atoms with E-state index in [0.29, 0.717) is 6.42 Å². The third kappa shape index (κ3) is 6.27. The number of alkyl halides is 3. The van der Waals surface area contributed by atoms with Crippen molar-refractivity contribution in [1.82, 2.24) is 5.32 Å². The lowest BCUT2D eigenvalue weighted by molar-refractivity contribution is -0.135. The van der Waals surface area contributed by atoms with E-state index in [0.717, 1.165) is 19.4 Å². The molecule has 3 atom stereocenters. The Hall–Kier alpha value is -0.290. The lowest BCUT2D eigenvalue weighted by Crippen LogP contribution is -2.42. The second-order valence-corrected chi connectivity index (χ2v) is 4.92. The molecule has 0 amide bonds. The molecule has 1 N–H and O–H groups in total. The fourth-order valence-corrected chi connectivity index (χ4v) is 2.25. The monoisotopic (exact) mass is 253 g/mol. The molecular formula is C12H22F3NO. The normalized spacial score (nSPS) is 24.9. The number of hydrogen-bond donors (Lipinski definition) is 1. The molecule has 0 aromatic heterocycles. The molecule has 0 radical (unpaired) electrons. The summed E-state index contributed by atoms with van der Waals surface area (Å²) in [6.07, 6.45) is -1.62. The summed E-state index contributed by atoms with van der Waals surface area (Å²) in [5.74, 6) is 0. The van der Waals surface area contributed by atoms with Crippen molar-refractivity contribution in [3.05, 3.63) is 0 Å². The van der Waals surface area contributed by atoms with Gasteiger partial charge in [-0.15, -0.1) is 0 Å². The summed E-state index contributed by atoms with van der Waals surface area (Å²) >= 11 is 0. The maximum absolute atomic E-state index is 12.0. The van der Waals surface area contributed by atoms with E-state index >= 15 is 0 Å². The van der Waals surface area contributed by atoms with Crippen LogP contribution in [0.3, 0.4) is 0 Å². The molecular weight excluding hydrogens is 231 g/mol. The highest BCUT2D eigenvalue weighted by atomic mass is 19.4. The van der Waals surface area contributed by atoms with E-state index in [-0.39, 0.29) is 24.6 Å². The Labute approximate surface area is 101 Å². The fraction of sp³-hybridized carbons (Fsp3) is 1.00. The minimum Gasteiger partial charge on any atom is -0.377 e. The van der Waals surface area contributed by atoms with E-state index in [1.807, 2.05) is 13.8 Å². The van der Waals surface area contributed by atoms with E-state index in [2.05, 4.69) is 5.32 Å². The van der Waals surface area contributed by atoms with Crippen molar-refractivity contribution >= 4 is 0 Å². The van der Waals surface area contributed by atoms with Crippen molar-refractivity contribution in [1.29, 1.82) is 0 Å². The lowest BCUT2D eigenvalue weighted by Gasteiger charge is -2.24. The van der Waals surface area contributed by atoms with E-state index in [9.17, 15) is 13.2 Å². The van der Waals surface area contributed by atoms with Crippen LogP contribution in [0.5, 0.6) is 0 Å². The average Bonchev–Trinajstić information content (AvgIpc) is 2.67. The maximum atomic E-state index is 12.0. The molecule has 0 bridgehead atoms. The smallest absolute Gasteiger partial charge is 0.377 e. The molecule has 1 saturated heterocycles. The van der Waals surface area contributed by atoms with Crippen LogP contribution in [0.4, 0.5) is 13.2 Å². The van der Waals surface area contributed by atoms with Crippen molar-refractivity contribution in [2.24, 2.45) is 0 Å². The Morgan fingerprint density at radius 3 is 2.59 bits per heavy atom. The molecule has 3 unspecified atom stereocenters. The molecule has 2 nitrogen and oxygen atoms in total. The highest BCUT2D eigenvalue weighted by Crippen LogP contribution is 2.23. The molecule has 1 rings (SSSR count). The molecule has 5 heteroatoms. The van der Waals surface area contributed by atoms with Crippen LogP contribution in [0.2, 0.25) is 0 Å². The van der Waals surface area contributed by atoms with Gasteiger partial charge in [0.05, 0.1) is 6.10 Å². The molecule has 1 fully saturated rings. The minimum absolute atomic E-state index is 0.108. The minimum atomic E-state index is -4.03. The van der Waals surface area contributed by atoms with Crippen LogP contribution in [0.25, 0.3) is 0 Å². The average molecular weight is 253 g/mol. The Morgan fingerprint density at radius 2 is 2.06 bits per heavy atom. The predicted octanol–water partition coefficient (Wildman–Crippen LogP) is 3.26. The largest absolute Gasteiger partial charge is 0.389 e. The molecule has 1 aliphatic rings. The second-order valence-electron chi connectivity index (χ2n) is 4.92. The number of ether oxygens (including phenoxy) is 1. The third-order valence-electron chi connectivity index (χ3n) is 3.17. The zero-order valence-electron chi connectivity index (χ0n) is 10.5. The molecule has 102 valence electrons. The van der Waals surface area contributed by atoms with E-state index in [4.69, 9.17) is 4.74 Å². The van der Waals surface area contributed by atoms with Crippen molar-refractivity contribution in [2.45, 2.75) is 70.3 Å². The molecule has 0 aromatic carbocycles. The Bertz CT molecular complexity index is 214. The topological polar surface area (TPSA) is 21.3 Å². The SMILES string of the molecule is CC(CCCC(F)(F)F)NC(C)C1CCCO1. The van der Waals surface area contributed by atoms with Crippen LogP contribution in [-0.4, -0.2) is 31.0 Å². The summed E-state index contributed by atoms with van der Waals surface area (Å²) in [5, 5.41) is 3.32. The summed E-state index contributed by atoms with van der Waals surface area (Å²) in [4.78, 5) is 0. The van der Waals surface area contributed by atoms with E-state index < -0.39 is 12.6 Å². The van der Waals surface area contributed by atoms with Crippen LogP contribution in [0, 0.1) is 0 Å². The van der Waals surface area contributed by atoms with Crippen LogP contribution >= 0.6 is 0 Å². The maximum Gasteiger partial charge on any atom is 0.389 e. The van der Waals surface area contributed by atoms with Gasteiger partial charge in [-0.05, 0) is 39.5 Å². The van der Waals surface area contributed by atoms with Gasteiger partial charge in [0.2, 0.25) is 0 Å². The summed E-state index contributed by atoms with van der Waals surface area (Å²) < 4.78 is 41.5. The summed E-state index contributed by atoms with van der Waals surface area (Å²) in [6, 6.07) is 0.329. The Morgan fingerprint density at radius 1 is 1.35 bits per heavy atom. The van der Waals surface area contributed by atoms with Gasteiger partial charge >= 0.3 is 6.18 Å². The van der Waals surface area contributed by atoms with Gasteiger partial charge in [-0.2, -0.15) is 13.2 Å². The van der Waals surface area contributed by atoms with Gasteiger partial charge in [0.1, 0.15) is 0 Å². The second kappa shape index (κ2) is 6.59. The highest BCUT2D eigenvalue weighted by Gasteiger charge is 2.27. The zero-order valence-corrected chi connectivity index (χ0v) is 10.5. The fourth-order valence-electron chi connectivity index (χ4n) is 2.25. The van der Waals surface area contributed by atoms with Gasteiger partial charge in [-0.25, -0.2) is 0 Å². The van der Waals surface area contributed by atoms with Gasteiger partial charge in [0.25, 0.3) is 0 Å². The van der Waals surface area contributed by atoms with E-state index in [1.54, 1.807) is 0 Å². The Kier molecular flexibility index (Phi) is 5.73. The van der Waals surface area contributed by atoms with Gasteiger partial charge in [0.15, 0.2) is 0 Å². The third-order valence-corrected chi connectivity index (χ3v) is 3.17. The number of rotatable bonds is 6. The van der Waals surface area contributed by atoms with Gasteiger partial charge in [0, 0.05) is 25.1 Å². The molecule has 1 heterocycles. The molecule has 0 spiro atoms. The van der Waals surface area contributed by atoms with Crippen LogP contribution in [0.15, 0.2) is 0 Å². The van der Waals surface area contributed by atoms with Crippen molar-refractivity contribution in [3.63, 3.8) is 0 Å². The summed E-state index contributed by atoms with van der Waals surface area (Å²) in [6.45, 7) is 4.78. The van der Waals surface area contributed by atoms with Crippen molar-refractivity contribution < 1.29 is 17.9 Å². The first kappa shape index (κ1) is 14.8. The molecule has 1 aliphatic heterocycles. The summed E-state index contributed by atoms with van der Waals surface area (Å²) in [5.41, 5.74) is 0. The van der Waals surface area contributed by atoms with Gasteiger partial charge in [-0.3, -0.25) is 0 Å². The number of nitrogens with one attached hydrogen (secondary N) is 1. The van der Waals surface area contributed by atoms with Crippen molar-refractivity contribution in [3.8, 4) is 0 Å². The van der Waals surface area contributed by atoms with Gasteiger partial charge < -0.3 is 10.1 Å². The van der Waals surface area contributed by atoms with Crippen molar-refractivity contribution in [2.75, 3.05) is 6.61 Å². The van der Waals surface area contributed by atoms with Crippen LogP contribution in [-0.2, 0) is 4.74 Å². The van der Waals surface area contributed by atoms with Crippen LogP contribution < -0.4 is 5.32 Å². The standard InChI is InChI=1S/C12H22F3NO/c1-9(5-3-7-12(13,14)15)16-10(2)11-6-4-8-17-11/h9-11,16H,3-8H2,1-2H3. The molecule has 17 heavy (non-hydrogen) atoms. The van der Waals surface area contributed by atoms with Gasteiger partial charge in [-0.1, -0.05) is 0 Å². The number of hydrogen-bond acceptors (Lipinski definition) is 2. The Balaban J connectivity index is 2.13. The first-order chi connectivity index (χ1) is 7.88. The molecule has 0 aromatic rings. The summed E-state index contributed by atoms with van der Waals surface area (Å²) in [7, 11) is 0.